The number of alkyl halides is 1. The molecular formula is C13H20BrNO2S. The van der Waals surface area contributed by atoms with Crippen LogP contribution < -0.4 is 4.72 Å². The molecule has 0 aliphatic carbocycles. The zero-order valence-electron chi connectivity index (χ0n) is 10.8. The molecule has 0 aromatic heterocycles. The second kappa shape index (κ2) is 6.68. The van der Waals surface area contributed by atoms with E-state index in [0.29, 0.717) is 11.8 Å². The van der Waals surface area contributed by atoms with Crippen LogP contribution in [0.4, 0.5) is 0 Å². The monoisotopic (exact) mass is 333 g/mol. The molecule has 0 bridgehead atoms. The van der Waals surface area contributed by atoms with Crippen molar-refractivity contribution in [2.24, 2.45) is 0 Å². The molecule has 18 heavy (non-hydrogen) atoms. The van der Waals surface area contributed by atoms with E-state index in [1.54, 1.807) is 0 Å². The fourth-order valence-corrected chi connectivity index (χ4v) is 3.81. The Kier molecular flexibility index (Phi) is 5.82. The molecule has 1 atom stereocenters. The van der Waals surface area contributed by atoms with Crippen LogP contribution in [0.3, 0.4) is 0 Å². The van der Waals surface area contributed by atoms with Crippen molar-refractivity contribution in [3.05, 3.63) is 35.9 Å². The summed E-state index contributed by atoms with van der Waals surface area (Å²) in [6, 6.07) is 9.65. The molecule has 0 spiro atoms. The Morgan fingerprint density at radius 2 is 1.89 bits per heavy atom. The molecule has 0 amide bonds. The number of hydrogen-bond acceptors (Lipinski definition) is 2. The maximum Gasteiger partial charge on any atom is 0.212 e. The minimum absolute atomic E-state index is 0.125. The number of hydrogen-bond donors (Lipinski definition) is 1. The third kappa shape index (κ3) is 5.08. The molecule has 0 fully saturated rings. The van der Waals surface area contributed by atoms with Crippen LogP contribution in [-0.2, 0) is 16.4 Å². The van der Waals surface area contributed by atoms with Crippen molar-refractivity contribution in [1.82, 2.24) is 4.72 Å². The normalized spacial score (nSPS) is 15.3. The standard InChI is InChI=1S/C13H20BrNO2S/c1-3-13(2,11-14)15-18(16,17)10-9-12-7-5-4-6-8-12/h4-8,15H,3,9-11H2,1-2H3. The molecular weight excluding hydrogens is 314 g/mol. The molecule has 102 valence electrons. The number of sulfonamides is 1. The van der Waals surface area contributed by atoms with Crippen LogP contribution in [0.2, 0.25) is 0 Å². The SMILES string of the molecule is CCC(C)(CBr)NS(=O)(=O)CCc1ccccc1. The Morgan fingerprint density at radius 1 is 1.28 bits per heavy atom. The number of nitrogens with one attached hydrogen (secondary N) is 1. The lowest BCUT2D eigenvalue weighted by molar-refractivity contribution is 0.449. The zero-order valence-corrected chi connectivity index (χ0v) is 13.2. The molecule has 1 rings (SSSR count). The third-order valence-electron chi connectivity index (χ3n) is 2.98. The van der Waals surface area contributed by atoms with Gasteiger partial charge in [0, 0.05) is 10.9 Å². The van der Waals surface area contributed by atoms with Gasteiger partial charge < -0.3 is 0 Å². The number of rotatable bonds is 7. The molecule has 0 saturated heterocycles. The summed E-state index contributed by atoms with van der Waals surface area (Å²) in [6.45, 7) is 3.88. The molecule has 5 heteroatoms. The number of halogens is 1. The van der Waals surface area contributed by atoms with E-state index in [1.807, 2.05) is 44.2 Å². The molecule has 0 aliphatic rings. The Labute approximate surface area is 118 Å². The summed E-state index contributed by atoms with van der Waals surface area (Å²) in [4.78, 5) is 0. The Bertz CT molecular complexity index is 455. The summed E-state index contributed by atoms with van der Waals surface area (Å²) in [5, 5.41) is 0.612. The summed E-state index contributed by atoms with van der Waals surface area (Å²) >= 11 is 3.35. The van der Waals surface area contributed by atoms with Crippen molar-refractivity contribution >= 4 is 26.0 Å². The summed E-state index contributed by atoms with van der Waals surface area (Å²) in [7, 11) is -3.24. The van der Waals surface area contributed by atoms with Gasteiger partial charge in [-0.3, -0.25) is 0 Å². The minimum Gasteiger partial charge on any atom is -0.212 e. The van der Waals surface area contributed by atoms with Crippen LogP contribution in [-0.4, -0.2) is 25.0 Å². The van der Waals surface area contributed by atoms with Crippen molar-refractivity contribution in [1.29, 1.82) is 0 Å². The Balaban J connectivity index is 2.61. The van der Waals surface area contributed by atoms with Crippen LogP contribution in [0.15, 0.2) is 30.3 Å². The van der Waals surface area contributed by atoms with E-state index >= 15 is 0 Å². The third-order valence-corrected chi connectivity index (χ3v) is 5.76. The maximum absolute atomic E-state index is 12.0. The van der Waals surface area contributed by atoms with Crippen molar-refractivity contribution in [3.8, 4) is 0 Å². The Morgan fingerprint density at radius 3 is 2.39 bits per heavy atom. The summed E-state index contributed by atoms with van der Waals surface area (Å²) < 4.78 is 26.8. The quantitative estimate of drug-likeness (QED) is 0.780. The zero-order chi connectivity index (χ0) is 13.6. The van der Waals surface area contributed by atoms with Crippen LogP contribution >= 0.6 is 15.9 Å². The van der Waals surface area contributed by atoms with E-state index in [4.69, 9.17) is 0 Å². The highest BCUT2D eigenvalue weighted by Crippen LogP contribution is 2.14. The fraction of sp³-hybridized carbons (Fsp3) is 0.538. The van der Waals surface area contributed by atoms with Gasteiger partial charge in [-0.15, -0.1) is 0 Å². The average Bonchev–Trinajstić information content (AvgIpc) is 2.37. The van der Waals surface area contributed by atoms with E-state index in [-0.39, 0.29) is 5.75 Å². The topological polar surface area (TPSA) is 46.2 Å². The van der Waals surface area contributed by atoms with Crippen LogP contribution in [0.5, 0.6) is 0 Å². The highest BCUT2D eigenvalue weighted by atomic mass is 79.9. The Hall–Kier alpha value is -0.390. The van der Waals surface area contributed by atoms with E-state index in [1.165, 1.54) is 0 Å². The van der Waals surface area contributed by atoms with Crippen molar-refractivity contribution in [3.63, 3.8) is 0 Å². The van der Waals surface area contributed by atoms with Gasteiger partial charge in [0.2, 0.25) is 10.0 Å². The highest BCUT2D eigenvalue weighted by Gasteiger charge is 2.26. The van der Waals surface area contributed by atoms with E-state index in [0.717, 1.165) is 12.0 Å². The number of benzene rings is 1. The predicted octanol–water partition coefficient (Wildman–Crippen LogP) is 2.71. The second-order valence-electron chi connectivity index (χ2n) is 4.70. The molecule has 3 nitrogen and oxygen atoms in total. The maximum atomic E-state index is 12.0. The van der Waals surface area contributed by atoms with Crippen LogP contribution in [0.1, 0.15) is 25.8 Å². The van der Waals surface area contributed by atoms with Gasteiger partial charge in [0.1, 0.15) is 0 Å². The van der Waals surface area contributed by atoms with Gasteiger partial charge in [0.25, 0.3) is 0 Å². The molecule has 1 N–H and O–H groups in total. The average molecular weight is 334 g/mol. The van der Waals surface area contributed by atoms with Crippen molar-refractivity contribution < 1.29 is 8.42 Å². The van der Waals surface area contributed by atoms with Gasteiger partial charge in [-0.1, -0.05) is 53.2 Å². The first-order valence-electron chi connectivity index (χ1n) is 6.02. The first-order chi connectivity index (χ1) is 8.41. The van der Waals surface area contributed by atoms with E-state index in [2.05, 4.69) is 20.7 Å². The van der Waals surface area contributed by atoms with Gasteiger partial charge in [0.15, 0.2) is 0 Å². The van der Waals surface area contributed by atoms with Gasteiger partial charge in [-0.05, 0) is 25.3 Å². The minimum atomic E-state index is -3.24. The lowest BCUT2D eigenvalue weighted by Gasteiger charge is -2.26. The largest absolute Gasteiger partial charge is 0.212 e. The van der Waals surface area contributed by atoms with Crippen molar-refractivity contribution in [2.45, 2.75) is 32.2 Å². The van der Waals surface area contributed by atoms with Crippen LogP contribution in [0.25, 0.3) is 0 Å². The molecule has 0 aliphatic heterocycles. The first-order valence-corrected chi connectivity index (χ1v) is 8.80. The summed E-state index contributed by atoms with van der Waals surface area (Å²) in [5.41, 5.74) is 0.634. The highest BCUT2D eigenvalue weighted by molar-refractivity contribution is 9.09. The van der Waals surface area contributed by atoms with Gasteiger partial charge in [-0.2, -0.15) is 0 Å². The second-order valence-corrected chi connectivity index (χ2v) is 7.11. The van der Waals surface area contributed by atoms with Gasteiger partial charge in [-0.25, -0.2) is 13.1 Å². The van der Waals surface area contributed by atoms with Gasteiger partial charge >= 0.3 is 0 Å². The summed E-state index contributed by atoms with van der Waals surface area (Å²) in [5.74, 6) is 0.125. The smallest absolute Gasteiger partial charge is 0.212 e. The molecule has 1 aromatic rings. The fourth-order valence-electron chi connectivity index (χ4n) is 1.52. The van der Waals surface area contributed by atoms with Gasteiger partial charge in [0.05, 0.1) is 5.75 Å². The first kappa shape index (κ1) is 15.7. The predicted molar refractivity (Wildman–Crippen MR) is 79.6 cm³/mol. The van der Waals surface area contributed by atoms with E-state index < -0.39 is 15.6 Å². The molecule has 0 heterocycles. The molecule has 0 radical (unpaired) electrons. The lowest BCUT2D eigenvalue weighted by atomic mass is 10.0. The van der Waals surface area contributed by atoms with Crippen molar-refractivity contribution in [2.75, 3.05) is 11.1 Å². The molecule has 0 saturated carbocycles. The van der Waals surface area contributed by atoms with E-state index in [9.17, 15) is 8.42 Å². The van der Waals surface area contributed by atoms with Crippen LogP contribution in [0, 0.1) is 0 Å². The lowest BCUT2D eigenvalue weighted by Crippen LogP contribution is -2.47. The molecule has 1 unspecified atom stereocenters. The summed E-state index contributed by atoms with van der Waals surface area (Å²) in [6.07, 6.45) is 1.29. The molecule has 1 aromatic carbocycles. The number of aryl methyl sites for hydroxylation is 1.